The quantitative estimate of drug-likeness (QED) is 0.945. The molecule has 3 rings (SSSR count). The predicted octanol–water partition coefficient (Wildman–Crippen LogP) is 2.76. The molecule has 0 unspecified atom stereocenters. The molecule has 2 heterocycles. The van der Waals surface area contributed by atoms with Gasteiger partial charge in [-0.3, -0.25) is 4.68 Å². The van der Waals surface area contributed by atoms with Gasteiger partial charge in [0.05, 0.1) is 0 Å². The minimum atomic E-state index is 0. The van der Waals surface area contributed by atoms with Crippen LogP contribution in [0.5, 0.6) is 0 Å². The summed E-state index contributed by atoms with van der Waals surface area (Å²) in [5.41, 5.74) is 3.81. The molecule has 0 atom stereocenters. The van der Waals surface area contributed by atoms with Crippen LogP contribution in [-0.4, -0.2) is 27.9 Å². The molecule has 4 nitrogen and oxygen atoms in total. The lowest BCUT2D eigenvalue weighted by molar-refractivity contribution is 0.659. The predicted molar refractivity (Wildman–Crippen MR) is 83.8 cm³/mol. The van der Waals surface area contributed by atoms with Crippen LogP contribution in [0.15, 0.2) is 36.7 Å². The van der Waals surface area contributed by atoms with Crippen molar-refractivity contribution < 1.29 is 0 Å². The molecule has 0 fully saturated rings. The van der Waals surface area contributed by atoms with Gasteiger partial charge in [0, 0.05) is 18.7 Å². The summed E-state index contributed by atoms with van der Waals surface area (Å²) >= 11 is 0. The van der Waals surface area contributed by atoms with Crippen LogP contribution >= 0.6 is 12.4 Å². The number of halogens is 1. The van der Waals surface area contributed by atoms with Crippen LogP contribution in [-0.2, 0) is 6.54 Å². The number of benzene rings is 1. The van der Waals surface area contributed by atoms with E-state index in [1.165, 1.54) is 11.1 Å². The van der Waals surface area contributed by atoms with Crippen LogP contribution < -0.4 is 5.32 Å². The molecule has 1 aliphatic rings. The number of nitrogens with one attached hydrogen (secondary N) is 1. The van der Waals surface area contributed by atoms with Gasteiger partial charge in [-0.1, -0.05) is 30.3 Å². The van der Waals surface area contributed by atoms with E-state index in [1.807, 2.05) is 4.68 Å². The molecule has 0 saturated heterocycles. The minimum Gasteiger partial charge on any atom is -0.313 e. The molecule has 5 heteroatoms. The van der Waals surface area contributed by atoms with Crippen molar-refractivity contribution in [1.29, 1.82) is 0 Å². The van der Waals surface area contributed by atoms with Crippen LogP contribution in [0.25, 0.3) is 17.0 Å². The van der Waals surface area contributed by atoms with E-state index in [4.69, 9.17) is 0 Å². The Morgan fingerprint density at radius 2 is 1.95 bits per heavy atom. The van der Waals surface area contributed by atoms with Crippen molar-refractivity contribution in [2.45, 2.75) is 19.9 Å². The molecule has 106 valence electrons. The Bertz CT molecular complexity index is 586. The summed E-state index contributed by atoms with van der Waals surface area (Å²) in [6, 6.07) is 8.54. The number of hydrogen-bond donors (Lipinski definition) is 1. The maximum Gasteiger partial charge on any atom is 0.181 e. The van der Waals surface area contributed by atoms with Crippen molar-refractivity contribution in [2.75, 3.05) is 13.1 Å². The van der Waals surface area contributed by atoms with Crippen molar-refractivity contribution in [3.8, 4) is 11.4 Å². The average molecular weight is 291 g/mol. The fourth-order valence-corrected chi connectivity index (χ4v) is 2.30. The molecule has 0 amide bonds. The summed E-state index contributed by atoms with van der Waals surface area (Å²) in [6.07, 6.45) is 5.14. The Morgan fingerprint density at radius 1 is 1.20 bits per heavy atom. The zero-order chi connectivity index (χ0) is 13.1. The van der Waals surface area contributed by atoms with Gasteiger partial charge in [-0.25, -0.2) is 4.98 Å². The Labute approximate surface area is 125 Å². The summed E-state index contributed by atoms with van der Waals surface area (Å²) in [5, 5.41) is 7.75. The third-order valence-electron chi connectivity index (χ3n) is 3.44. The van der Waals surface area contributed by atoms with Gasteiger partial charge in [0.25, 0.3) is 0 Å². The summed E-state index contributed by atoms with van der Waals surface area (Å²) in [6.45, 7) is 4.95. The van der Waals surface area contributed by atoms with Crippen molar-refractivity contribution in [3.63, 3.8) is 0 Å². The van der Waals surface area contributed by atoms with Gasteiger partial charge in [-0.15, -0.1) is 12.4 Å². The first-order chi connectivity index (χ1) is 9.36. The second-order valence-electron chi connectivity index (χ2n) is 4.68. The van der Waals surface area contributed by atoms with E-state index >= 15 is 0 Å². The zero-order valence-corrected chi connectivity index (χ0v) is 12.4. The van der Waals surface area contributed by atoms with E-state index < -0.39 is 0 Å². The first kappa shape index (κ1) is 14.8. The van der Waals surface area contributed by atoms with Crippen LogP contribution in [0.1, 0.15) is 18.9 Å². The van der Waals surface area contributed by atoms with Crippen LogP contribution in [0.3, 0.4) is 0 Å². The average Bonchev–Trinajstić information content (AvgIpc) is 2.97. The summed E-state index contributed by atoms with van der Waals surface area (Å²) in [7, 11) is 0. The summed E-state index contributed by atoms with van der Waals surface area (Å²) < 4.78 is 1.85. The highest BCUT2D eigenvalue weighted by molar-refractivity contribution is 5.85. The SMILES string of the molecule is CCn1cnc(-c2ccc(C3=CCNCC3)cc2)n1.Cl. The lowest BCUT2D eigenvalue weighted by Gasteiger charge is -2.14. The molecule has 0 radical (unpaired) electrons. The van der Waals surface area contributed by atoms with E-state index in [0.29, 0.717) is 0 Å². The Morgan fingerprint density at radius 3 is 2.55 bits per heavy atom. The van der Waals surface area contributed by atoms with Gasteiger partial charge < -0.3 is 5.32 Å². The smallest absolute Gasteiger partial charge is 0.181 e. The number of hydrogen-bond acceptors (Lipinski definition) is 3. The van der Waals surface area contributed by atoms with E-state index in [2.05, 4.69) is 52.7 Å². The molecule has 1 aliphatic heterocycles. The van der Waals surface area contributed by atoms with Gasteiger partial charge in [0.2, 0.25) is 0 Å². The van der Waals surface area contributed by atoms with E-state index in [1.54, 1.807) is 6.33 Å². The second-order valence-corrected chi connectivity index (χ2v) is 4.68. The highest BCUT2D eigenvalue weighted by atomic mass is 35.5. The first-order valence-corrected chi connectivity index (χ1v) is 6.77. The van der Waals surface area contributed by atoms with Crippen LogP contribution in [0.4, 0.5) is 0 Å². The van der Waals surface area contributed by atoms with Crippen LogP contribution in [0.2, 0.25) is 0 Å². The highest BCUT2D eigenvalue weighted by Gasteiger charge is 2.07. The fraction of sp³-hybridized carbons (Fsp3) is 0.333. The minimum absolute atomic E-state index is 0. The number of nitrogens with zero attached hydrogens (tertiary/aromatic N) is 3. The summed E-state index contributed by atoms with van der Waals surface area (Å²) in [4.78, 5) is 4.33. The Hall–Kier alpha value is -1.65. The highest BCUT2D eigenvalue weighted by Crippen LogP contribution is 2.22. The van der Waals surface area contributed by atoms with Gasteiger partial charge >= 0.3 is 0 Å². The number of aryl methyl sites for hydroxylation is 1. The molecule has 0 bridgehead atoms. The monoisotopic (exact) mass is 290 g/mol. The molecule has 1 N–H and O–H groups in total. The maximum absolute atomic E-state index is 4.42. The number of rotatable bonds is 3. The molecular weight excluding hydrogens is 272 g/mol. The van der Waals surface area contributed by atoms with Gasteiger partial charge in [-0.05, 0) is 31.0 Å². The zero-order valence-electron chi connectivity index (χ0n) is 11.5. The van der Waals surface area contributed by atoms with Crippen molar-refractivity contribution in [1.82, 2.24) is 20.1 Å². The second kappa shape index (κ2) is 6.68. The third kappa shape index (κ3) is 3.08. The lowest BCUT2D eigenvalue weighted by Crippen LogP contribution is -2.19. The molecule has 1 aromatic heterocycles. The molecule has 0 spiro atoms. The largest absolute Gasteiger partial charge is 0.313 e. The maximum atomic E-state index is 4.42. The molecule has 0 aliphatic carbocycles. The first-order valence-electron chi connectivity index (χ1n) is 6.77. The normalized spacial score (nSPS) is 14.6. The molecule has 2 aromatic rings. The van der Waals surface area contributed by atoms with Gasteiger partial charge in [0.15, 0.2) is 5.82 Å². The topological polar surface area (TPSA) is 42.7 Å². The molecule has 1 aromatic carbocycles. The Kier molecular flexibility index (Phi) is 4.93. The van der Waals surface area contributed by atoms with Crippen molar-refractivity contribution in [3.05, 3.63) is 42.2 Å². The van der Waals surface area contributed by atoms with E-state index in [-0.39, 0.29) is 12.4 Å². The van der Waals surface area contributed by atoms with E-state index in [9.17, 15) is 0 Å². The Balaban J connectivity index is 0.00000147. The van der Waals surface area contributed by atoms with Gasteiger partial charge in [0.1, 0.15) is 6.33 Å². The molecular formula is C15H19ClN4. The molecule has 20 heavy (non-hydrogen) atoms. The number of aromatic nitrogens is 3. The lowest BCUT2D eigenvalue weighted by atomic mass is 9.99. The van der Waals surface area contributed by atoms with Gasteiger partial charge in [-0.2, -0.15) is 5.10 Å². The summed E-state index contributed by atoms with van der Waals surface area (Å²) in [5.74, 6) is 0.799. The standard InChI is InChI=1S/C15H18N4.ClH/c1-2-19-11-17-15(18-19)14-5-3-12(4-6-14)13-7-9-16-10-8-13;/h3-7,11,16H,2,8-10H2,1H3;1H. The van der Waals surface area contributed by atoms with E-state index in [0.717, 1.165) is 37.4 Å². The van der Waals surface area contributed by atoms with Crippen molar-refractivity contribution in [2.24, 2.45) is 0 Å². The third-order valence-corrected chi connectivity index (χ3v) is 3.44. The van der Waals surface area contributed by atoms with Crippen LogP contribution in [0, 0.1) is 0 Å². The molecule has 0 saturated carbocycles. The van der Waals surface area contributed by atoms with Crippen molar-refractivity contribution >= 4 is 18.0 Å². The fourth-order valence-electron chi connectivity index (χ4n) is 2.30.